The third-order valence-corrected chi connectivity index (χ3v) is 4.23. The second-order valence-electron chi connectivity index (χ2n) is 5.29. The molecule has 0 aliphatic rings. The van der Waals surface area contributed by atoms with E-state index in [4.69, 9.17) is 4.74 Å². The van der Waals surface area contributed by atoms with Gasteiger partial charge in [-0.25, -0.2) is 4.98 Å². The number of methoxy groups -OCH3 is 1. The van der Waals surface area contributed by atoms with Crippen molar-refractivity contribution in [3.63, 3.8) is 0 Å². The maximum absolute atomic E-state index is 12.3. The second-order valence-corrected chi connectivity index (χ2v) is 6.15. The van der Waals surface area contributed by atoms with Gasteiger partial charge in [0.15, 0.2) is 5.13 Å². The Bertz CT molecular complexity index is 891. The zero-order chi connectivity index (χ0) is 18.4. The van der Waals surface area contributed by atoms with E-state index in [0.29, 0.717) is 22.1 Å². The number of thiazole rings is 1. The van der Waals surface area contributed by atoms with Crippen molar-refractivity contribution in [2.75, 3.05) is 12.4 Å². The Morgan fingerprint density at radius 1 is 1.04 bits per heavy atom. The summed E-state index contributed by atoms with van der Waals surface area (Å²) in [5, 5.41) is 4.86. The number of para-hydroxylation sites is 1. The summed E-state index contributed by atoms with van der Waals surface area (Å²) in [5.74, 6) is 0.713. The van der Waals surface area contributed by atoms with Crippen molar-refractivity contribution in [3.8, 4) is 11.5 Å². The quantitative estimate of drug-likeness (QED) is 0.668. The highest BCUT2D eigenvalue weighted by atomic mass is 32.1. The smallest absolute Gasteiger partial charge is 0.311 e. The van der Waals surface area contributed by atoms with Crippen LogP contribution in [0.25, 0.3) is 0 Å². The minimum absolute atomic E-state index is 0.0778. The van der Waals surface area contributed by atoms with Gasteiger partial charge in [0.1, 0.15) is 11.5 Å². The standard InChI is InChI=1S/C19H16N2O4S/c1-24-17(22)11-14-12-26-19(20-14)21-18(23)13-7-9-16(10-8-13)25-15-5-3-2-4-6-15/h2-10,12H,11H2,1H3,(H,20,21,23). The van der Waals surface area contributed by atoms with Gasteiger partial charge in [-0.05, 0) is 36.4 Å². The monoisotopic (exact) mass is 368 g/mol. The van der Waals surface area contributed by atoms with E-state index in [9.17, 15) is 9.59 Å². The summed E-state index contributed by atoms with van der Waals surface area (Å²) in [6, 6.07) is 16.2. The molecule has 0 saturated heterocycles. The molecule has 0 bridgehead atoms. The number of esters is 1. The summed E-state index contributed by atoms with van der Waals surface area (Å²) in [4.78, 5) is 27.7. The second kappa shape index (κ2) is 8.26. The molecule has 1 aromatic heterocycles. The molecule has 7 heteroatoms. The summed E-state index contributed by atoms with van der Waals surface area (Å²) in [6.45, 7) is 0. The highest BCUT2D eigenvalue weighted by Crippen LogP contribution is 2.22. The van der Waals surface area contributed by atoms with Gasteiger partial charge in [0, 0.05) is 10.9 Å². The van der Waals surface area contributed by atoms with E-state index in [2.05, 4.69) is 15.0 Å². The maximum atomic E-state index is 12.3. The van der Waals surface area contributed by atoms with Crippen LogP contribution in [0.4, 0.5) is 5.13 Å². The molecule has 1 heterocycles. The summed E-state index contributed by atoms with van der Waals surface area (Å²) in [6.07, 6.45) is 0.0778. The molecule has 3 aromatic rings. The highest BCUT2D eigenvalue weighted by molar-refractivity contribution is 7.14. The number of carbonyl (C=O) groups is 2. The van der Waals surface area contributed by atoms with Crippen molar-refractivity contribution in [2.24, 2.45) is 0 Å². The molecule has 0 spiro atoms. The van der Waals surface area contributed by atoms with E-state index in [1.165, 1.54) is 18.4 Å². The molecule has 0 unspecified atom stereocenters. The van der Waals surface area contributed by atoms with Gasteiger partial charge in [0.2, 0.25) is 0 Å². The van der Waals surface area contributed by atoms with Gasteiger partial charge in [-0.3, -0.25) is 14.9 Å². The predicted molar refractivity (Wildman–Crippen MR) is 98.7 cm³/mol. The molecule has 132 valence electrons. The molecule has 0 atom stereocenters. The van der Waals surface area contributed by atoms with Crippen molar-refractivity contribution in [1.82, 2.24) is 4.98 Å². The van der Waals surface area contributed by atoms with E-state index < -0.39 is 0 Å². The first-order valence-corrected chi connectivity index (χ1v) is 8.67. The lowest BCUT2D eigenvalue weighted by molar-refractivity contribution is -0.139. The van der Waals surface area contributed by atoms with Crippen molar-refractivity contribution < 1.29 is 19.1 Å². The summed E-state index contributed by atoms with van der Waals surface area (Å²) in [5.41, 5.74) is 1.04. The van der Waals surface area contributed by atoms with E-state index in [-0.39, 0.29) is 18.3 Å². The fraction of sp³-hybridized carbons (Fsp3) is 0.105. The molecule has 1 N–H and O–H groups in total. The number of aromatic nitrogens is 1. The lowest BCUT2D eigenvalue weighted by Gasteiger charge is -2.06. The minimum atomic E-state index is -0.373. The van der Waals surface area contributed by atoms with Crippen LogP contribution in [0.3, 0.4) is 0 Å². The van der Waals surface area contributed by atoms with Gasteiger partial charge < -0.3 is 9.47 Å². The average molecular weight is 368 g/mol. The zero-order valence-electron chi connectivity index (χ0n) is 14.0. The van der Waals surface area contributed by atoms with E-state index in [1.54, 1.807) is 29.6 Å². The van der Waals surface area contributed by atoms with Crippen LogP contribution in [0, 0.1) is 0 Å². The average Bonchev–Trinajstić information content (AvgIpc) is 3.09. The van der Waals surface area contributed by atoms with Crippen LogP contribution in [0.2, 0.25) is 0 Å². The fourth-order valence-corrected chi connectivity index (χ4v) is 2.84. The van der Waals surface area contributed by atoms with E-state index in [1.807, 2.05) is 30.3 Å². The van der Waals surface area contributed by atoms with Gasteiger partial charge in [-0.15, -0.1) is 11.3 Å². The molecular formula is C19H16N2O4S. The molecule has 0 aliphatic carbocycles. The largest absolute Gasteiger partial charge is 0.469 e. The summed E-state index contributed by atoms with van der Waals surface area (Å²) in [7, 11) is 1.32. The van der Waals surface area contributed by atoms with Crippen LogP contribution in [0.15, 0.2) is 60.0 Å². The van der Waals surface area contributed by atoms with Gasteiger partial charge in [0.05, 0.1) is 19.2 Å². The molecular weight excluding hydrogens is 352 g/mol. The Labute approximate surface area is 154 Å². The number of rotatable bonds is 6. The van der Waals surface area contributed by atoms with Crippen LogP contribution in [-0.2, 0) is 16.0 Å². The first-order chi connectivity index (χ1) is 12.6. The Morgan fingerprint density at radius 2 is 1.73 bits per heavy atom. The van der Waals surface area contributed by atoms with Gasteiger partial charge in [-0.2, -0.15) is 0 Å². The topological polar surface area (TPSA) is 77.5 Å². The lowest BCUT2D eigenvalue weighted by atomic mass is 10.2. The number of nitrogens with zero attached hydrogens (tertiary/aromatic N) is 1. The summed E-state index contributed by atoms with van der Waals surface area (Å²) < 4.78 is 10.3. The van der Waals surface area contributed by atoms with Crippen molar-refractivity contribution >= 4 is 28.3 Å². The molecule has 2 aromatic carbocycles. The number of hydrogen-bond donors (Lipinski definition) is 1. The SMILES string of the molecule is COC(=O)Cc1csc(NC(=O)c2ccc(Oc3ccccc3)cc2)n1. The number of anilines is 1. The molecule has 0 fully saturated rings. The van der Waals surface area contributed by atoms with Crippen molar-refractivity contribution in [3.05, 3.63) is 71.2 Å². The third-order valence-electron chi connectivity index (χ3n) is 3.42. The van der Waals surface area contributed by atoms with E-state index >= 15 is 0 Å². The van der Waals surface area contributed by atoms with Crippen LogP contribution in [-0.4, -0.2) is 24.0 Å². The van der Waals surface area contributed by atoms with Crippen LogP contribution >= 0.6 is 11.3 Å². The Morgan fingerprint density at radius 3 is 2.42 bits per heavy atom. The minimum Gasteiger partial charge on any atom is -0.469 e. The Kier molecular flexibility index (Phi) is 5.60. The van der Waals surface area contributed by atoms with Crippen LogP contribution < -0.4 is 10.1 Å². The third kappa shape index (κ3) is 4.67. The molecule has 0 aliphatic heterocycles. The van der Waals surface area contributed by atoms with Gasteiger partial charge in [0.25, 0.3) is 5.91 Å². The van der Waals surface area contributed by atoms with Gasteiger partial charge >= 0.3 is 5.97 Å². The number of benzene rings is 2. The molecule has 3 rings (SSSR count). The van der Waals surface area contributed by atoms with Gasteiger partial charge in [-0.1, -0.05) is 18.2 Å². The number of amides is 1. The van der Waals surface area contributed by atoms with Crippen LogP contribution in [0.1, 0.15) is 16.1 Å². The molecule has 6 nitrogen and oxygen atoms in total. The first-order valence-electron chi connectivity index (χ1n) is 7.79. The zero-order valence-corrected chi connectivity index (χ0v) is 14.8. The fourth-order valence-electron chi connectivity index (χ4n) is 2.13. The Hall–Kier alpha value is -3.19. The predicted octanol–water partition coefficient (Wildman–Crippen LogP) is 3.90. The number of nitrogens with one attached hydrogen (secondary N) is 1. The highest BCUT2D eigenvalue weighted by Gasteiger charge is 2.11. The van der Waals surface area contributed by atoms with E-state index in [0.717, 1.165) is 5.75 Å². The normalized spacial score (nSPS) is 10.2. The first kappa shape index (κ1) is 17.6. The molecule has 26 heavy (non-hydrogen) atoms. The molecule has 0 saturated carbocycles. The Balaban J connectivity index is 1.60. The van der Waals surface area contributed by atoms with Crippen LogP contribution in [0.5, 0.6) is 11.5 Å². The molecule has 0 radical (unpaired) electrons. The number of hydrogen-bond acceptors (Lipinski definition) is 6. The molecule has 1 amide bonds. The number of ether oxygens (including phenoxy) is 2. The maximum Gasteiger partial charge on any atom is 0.311 e. The van der Waals surface area contributed by atoms with Crippen molar-refractivity contribution in [2.45, 2.75) is 6.42 Å². The number of carbonyl (C=O) groups excluding carboxylic acids is 2. The summed E-state index contributed by atoms with van der Waals surface area (Å²) >= 11 is 1.25. The van der Waals surface area contributed by atoms with Crippen molar-refractivity contribution in [1.29, 1.82) is 0 Å². The lowest BCUT2D eigenvalue weighted by Crippen LogP contribution is -2.12.